The highest BCUT2D eigenvalue weighted by atomic mass is 32.2. The van der Waals surface area contributed by atoms with Crippen molar-refractivity contribution in [1.29, 1.82) is 0 Å². The van der Waals surface area contributed by atoms with Gasteiger partial charge in [0.2, 0.25) is 11.8 Å². The van der Waals surface area contributed by atoms with Gasteiger partial charge < -0.3 is 15.0 Å². The molecule has 0 unspecified atom stereocenters. The van der Waals surface area contributed by atoms with Gasteiger partial charge in [0, 0.05) is 36.6 Å². The molecule has 0 amide bonds. The Morgan fingerprint density at radius 2 is 1.93 bits per heavy atom. The number of benzene rings is 2. The molecule has 148 valence electrons. The third-order valence-corrected chi connectivity index (χ3v) is 5.54. The quantitative estimate of drug-likeness (QED) is 0.603. The summed E-state index contributed by atoms with van der Waals surface area (Å²) in [5, 5.41) is 3.34. The van der Waals surface area contributed by atoms with Crippen LogP contribution in [0.5, 0.6) is 5.88 Å². The van der Waals surface area contributed by atoms with Crippen LogP contribution >= 0.6 is 11.8 Å². The lowest BCUT2D eigenvalue weighted by Crippen LogP contribution is -2.44. The van der Waals surface area contributed by atoms with E-state index in [-0.39, 0.29) is 0 Å². The van der Waals surface area contributed by atoms with E-state index in [4.69, 9.17) is 9.72 Å². The highest BCUT2D eigenvalue weighted by Gasteiger charge is 2.17. The third kappa shape index (κ3) is 5.13. The Hall–Kier alpha value is -2.90. The molecule has 0 saturated carbocycles. The van der Waals surface area contributed by atoms with Gasteiger partial charge in [-0.05, 0) is 17.7 Å². The molecule has 2 heterocycles. The van der Waals surface area contributed by atoms with Crippen molar-refractivity contribution in [2.24, 2.45) is 0 Å². The lowest BCUT2D eigenvalue weighted by atomic mass is 10.2. The van der Waals surface area contributed by atoms with Gasteiger partial charge in [0.05, 0.1) is 11.1 Å². The van der Waals surface area contributed by atoms with Crippen LogP contribution in [-0.2, 0) is 6.61 Å². The van der Waals surface area contributed by atoms with Crippen molar-refractivity contribution in [3.05, 3.63) is 71.9 Å². The Bertz CT molecular complexity index is 962. The molecule has 0 spiro atoms. The molecule has 1 aliphatic heterocycles. The first-order chi connectivity index (χ1) is 14.3. The van der Waals surface area contributed by atoms with Crippen LogP contribution in [0.4, 0.5) is 5.95 Å². The lowest BCUT2D eigenvalue weighted by molar-refractivity contribution is 0.112. The van der Waals surface area contributed by atoms with Crippen molar-refractivity contribution in [1.82, 2.24) is 15.3 Å². The second-order valence-corrected chi connectivity index (χ2v) is 7.76. The SMILES string of the molecule is O=Cc1cccc(Sc2cnc(N3CCNCC3)nc2OCc2ccccc2)c1. The summed E-state index contributed by atoms with van der Waals surface area (Å²) in [4.78, 5) is 24.3. The molecule has 2 aromatic carbocycles. The predicted octanol–water partition coefficient (Wildman–Crippen LogP) is 3.43. The van der Waals surface area contributed by atoms with E-state index in [9.17, 15) is 4.79 Å². The van der Waals surface area contributed by atoms with Gasteiger partial charge in [0.25, 0.3) is 0 Å². The fourth-order valence-corrected chi connectivity index (χ4v) is 3.93. The van der Waals surface area contributed by atoms with E-state index in [0.29, 0.717) is 24.0 Å². The molecular formula is C22H22N4O2S. The zero-order chi connectivity index (χ0) is 19.9. The molecule has 1 aromatic heterocycles. The Morgan fingerprint density at radius 3 is 2.72 bits per heavy atom. The molecule has 0 atom stereocenters. The molecule has 1 aliphatic rings. The summed E-state index contributed by atoms with van der Waals surface area (Å²) in [5.74, 6) is 1.24. The molecule has 0 radical (unpaired) electrons. The molecule has 0 aliphatic carbocycles. The third-order valence-electron chi connectivity index (χ3n) is 4.55. The number of piperazine rings is 1. The number of ether oxygens (including phenoxy) is 1. The van der Waals surface area contributed by atoms with E-state index >= 15 is 0 Å². The molecule has 1 fully saturated rings. The summed E-state index contributed by atoms with van der Waals surface area (Å²) in [6, 6.07) is 17.5. The number of rotatable bonds is 7. The highest BCUT2D eigenvalue weighted by molar-refractivity contribution is 7.99. The number of hydrogen-bond acceptors (Lipinski definition) is 7. The standard InChI is InChI=1S/C22H22N4O2S/c27-15-18-7-4-8-19(13-18)29-20-14-24-22(26-11-9-23-10-12-26)25-21(20)28-16-17-5-2-1-3-6-17/h1-8,13-15,23H,9-12,16H2. The Labute approximate surface area is 174 Å². The largest absolute Gasteiger partial charge is 0.472 e. The predicted molar refractivity (Wildman–Crippen MR) is 114 cm³/mol. The molecule has 4 rings (SSSR count). The smallest absolute Gasteiger partial charge is 0.232 e. The van der Waals surface area contributed by atoms with Gasteiger partial charge in [-0.3, -0.25) is 4.79 Å². The van der Waals surface area contributed by atoms with Crippen LogP contribution in [0.15, 0.2) is 70.6 Å². The van der Waals surface area contributed by atoms with Crippen LogP contribution in [0.3, 0.4) is 0 Å². The number of aromatic nitrogens is 2. The molecule has 29 heavy (non-hydrogen) atoms. The number of hydrogen-bond donors (Lipinski definition) is 1. The molecule has 7 heteroatoms. The number of anilines is 1. The second-order valence-electron chi connectivity index (χ2n) is 6.64. The summed E-state index contributed by atoms with van der Waals surface area (Å²) >= 11 is 1.49. The van der Waals surface area contributed by atoms with Crippen molar-refractivity contribution in [2.75, 3.05) is 31.1 Å². The van der Waals surface area contributed by atoms with Crippen molar-refractivity contribution in [3.8, 4) is 5.88 Å². The van der Waals surface area contributed by atoms with Gasteiger partial charge in [0.1, 0.15) is 12.9 Å². The van der Waals surface area contributed by atoms with Gasteiger partial charge in [-0.25, -0.2) is 4.98 Å². The van der Waals surface area contributed by atoms with Crippen LogP contribution in [0.2, 0.25) is 0 Å². The fraction of sp³-hybridized carbons (Fsp3) is 0.227. The van der Waals surface area contributed by atoms with Crippen LogP contribution in [0, 0.1) is 0 Å². The van der Waals surface area contributed by atoms with Crippen LogP contribution in [-0.4, -0.2) is 42.4 Å². The molecule has 1 saturated heterocycles. The fourth-order valence-electron chi connectivity index (χ4n) is 3.04. The maximum atomic E-state index is 11.1. The van der Waals surface area contributed by atoms with Gasteiger partial charge in [-0.2, -0.15) is 4.98 Å². The Kier molecular flexibility index (Phi) is 6.38. The minimum absolute atomic E-state index is 0.431. The van der Waals surface area contributed by atoms with Gasteiger partial charge in [-0.1, -0.05) is 54.2 Å². The first-order valence-corrected chi connectivity index (χ1v) is 10.4. The number of carbonyl (C=O) groups excluding carboxylic acids is 1. The van der Waals surface area contributed by atoms with Gasteiger partial charge >= 0.3 is 0 Å². The zero-order valence-corrected chi connectivity index (χ0v) is 16.8. The Morgan fingerprint density at radius 1 is 1.10 bits per heavy atom. The molecule has 6 nitrogen and oxygen atoms in total. The summed E-state index contributed by atoms with van der Waals surface area (Å²) in [6.45, 7) is 4.00. The minimum atomic E-state index is 0.431. The number of aldehydes is 1. The van der Waals surface area contributed by atoms with Gasteiger partial charge in [-0.15, -0.1) is 0 Å². The summed E-state index contributed by atoms with van der Waals surface area (Å²) < 4.78 is 6.10. The van der Waals surface area contributed by atoms with Crippen LogP contribution < -0.4 is 15.0 Å². The average Bonchev–Trinajstić information content (AvgIpc) is 2.80. The van der Waals surface area contributed by atoms with E-state index in [1.807, 2.05) is 54.7 Å². The van der Waals surface area contributed by atoms with Crippen molar-refractivity contribution in [3.63, 3.8) is 0 Å². The summed E-state index contributed by atoms with van der Waals surface area (Å²) in [6.07, 6.45) is 2.66. The monoisotopic (exact) mass is 406 g/mol. The van der Waals surface area contributed by atoms with E-state index < -0.39 is 0 Å². The number of nitrogens with one attached hydrogen (secondary N) is 1. The van der Waals surface area contributed by atoms with Crippen molar-refractivity contribution >= 4 is 24.0 Å². The average molecular weight is 407 g/mol. The first-order valence-electron chi connectivity index (χ1n) is 9.54. The first kappa shape index (κ1) is 19.4. The van der Waals surface area contributed by atoms with Gasteiger partial charge in [0.15, 0.2) is 0 Å². The number of carbonyl (C=O) groups is 1. The van der Waals surface area contributed by atoms with Crippen molar-refractivity contribution in [2.45, 2.75) is 16.4 Å². The van der Waals surface area contributed by atoms with E-state index in [0.717, 1.165) is 47.8 Å². The van der Waals surface area contributed by atoms with Crippen LogP contribution in [0.25, 0.3) is 0 Å². The lowest BCUT2D eigenvalue weighted by Gasteiger charge is -2.27. The maximum Gasteiger partial charge on any atom is 0.232 e. The topological polar surface area (TPSA) is 67.4 Å². The van der Waals surface area contributed by atoms with E-state index in [1.165, 1.54) is 11.8 Å². The van der Waals surface area contributed by atoms with E-state index in [1.54, 1.807) is 6.07 Å². The second kappa shape index (κ2) is 9.54. The van der Waals surface area contributed by atoms with Crippen molar-refractivity contribution < 1.29 is 9.53 Å². The molecule has 0 bridgehead atoms. The van der Waals surface area contributed by atoms with Crippen LogP contribution in [0.1, 0.15) is 15.9 Å². The molecular weight excluding hydrogens is 384 g/mol. The molecule has 1 N–H and O–H groups in total. The summed E-state index contributed by atoms with van der Waals surface area (Å²) in [5.41, 5.74) is 1.72. The van der Waals surface area contributed by atoms with E-state index in [2.05, 4.69) is 15.2 Å². The minimum Gasteiger partial charge on any atom is -0.472 e. The number of nitrogens with zero attached hydrogens (tertiary/aromatic N) is 3. The maximum absolute atomic E-state index is 11.1. The normalized spacial score (nSPS) is 13.9. The summed E-state index contributed by atoms with van der Waals surface area (Å²) in [7, 11) is 0. The Balaban J connectivity index is 1.60. The molecule has 3 aromatic rings. The zero-order valence-electron chi connectivity index (χ0n) is 16.0. The highest BCUT2D eigenvalue weighted by Crippen LogP contribution is 2.35.